The number of fused-ring (bicyclic) bond motifs is 3. The summed E-state index contributed by atoms with van der Waals surface area (Å²) in [5.74, 6) is 1.70. The van der Waals surface area contributed by atoms with Gasteiger partial charge >= 0.3 is 0 Å². The molecule has 0 aliphatic carbocycles. The number of nitrogens with zero attached hydrogens (tertiary/aromatic N) is 3. The maximum Gasteiger partial charge on any atom is 0.253 e. The van der Waals surface area contributed by atoms with Crippen LogP contribution in [-0.2, 0) is 16.0 Å². The zero-order valence-corrected chi connectivity index (χ0v) is 19.6. The summed E-state index contributed by atoms with van der Waals surface area (Å²) >= 11 is 0. The van der Waals surface area contributed by atoms with E-state index in [1.165, 1.54) is 0 Å². The van der Waals surface area contributed by atoms with Crippen LogP contribution in [0.25, 0.3) is 11.0 Å². The fourth-order valence-corrected chi connectivity index (χ4v) is 4.40. The number of imidazole rings is 1. The monoisotopic (exact) mass is 470 g/mol. The minimum atomic E-state index is -0.661. The van der Waals surface area contributed by atoms with E-state index in [1.54, 1.807) is 43.4 Å². The van der Waals surface area contributed by atoms with Gasteiger partial charge in [0.1, 0.15) is 17.5 Å². The summed E-state index contributed by atoms with van der Waals surface area (Å²) in [5, 5.41) is 2.88. The molecule has 2 heterocycles. The number of hydrogen-bond donors (Lipinski definition) is 1. The molecule has 8 heteroatoms. The Morgan fingerprint density at radius 1 is 0.943 bits per heavy atom. The molecule has 1 aliphatic rings. The summed E-state index contributed by atoms with van der Waals surface area (Å²) in [6, 6.07) is 21.9. The maximum absolute atomic E-state index is 13.5. The lowest BCUT2D eigenvalue weighted by molar-refractivity contribution is -0.124. The molecule has 178 valence electrons. The van der Waals surface area contributed by atoms with Crippen LogP contribution < -0.4 is 19.7 Å². The van der Waals surface area contributed by atoms with E-state index in [-0.39, 0.29) is 18.2 Å². The van der Waals surface area contributed by atoms with Crippen molar-refractivity contribution in [1.82, 2.24) is 9.55 Å². The average Bonchev–Trinajstić information content (AvgIpc) is 3.38. The molecule has 2 amide bonds. The van der Waals surface area contributed by atoms with Gasteiger partial charge < -0.3 is 14.8 Å². The Kier molecular flexibility index (Phi) is 6.10. The number of rotatable bonds is 8. The lowest BCUT2D eigenvalue weighted by atomic mass is 10.1. The molecule has 3 aromatic carbocycles. The minimum absolute atomic E-state index is 0.0112. The van der Waals surface area contributed by atoms with E-state index >= 15 is 0 Å². The Balaban J connectivity index is 1.37. The van der Waals surface area contributed by atoms with Gasteiger partial charge in [0.25, 0.3) is 5.91 Å². The van der Waals surface area contributed by atoms with Crippen molar-refractivity contribution in [2.24, 2.45) is 0 Å². The second kappa shape index (κ2) is 9.50. The number of benzene rings is 3. The van der Waals surface area contributed by atoms with E-state index in [0.29, 0.717) is 30.4 Å². The van der Waals surface area contributed by atoms with Gasteiger partial charge in [-0.05, 0) is 60.5 Å². The molecule has 0 bridgehead atoms. The summed E-state index contributed by atoms with van der Waals surface area (Å²) in [6.07, 6.45) is 0.668. The normalized spacial score (nSPS) is 14.7. The molecule has 5 rings (SSSR count). The number of hydrogen-bond acceptors (Lipinski definition) is 5. The molecule has 1 atom stereocenters. The standard InChI is InChI=1S/C27H26N4O4/c1-34-20-11-7-18(8-12-20)15-16-30-26(33)24(31-23-6-4-3-5-22(23)29-27(30)31)17-25(32)28-19-9-13-21(35-2)14-10-19/h3-14,24H,15-17H2,1-2H3,(H,28,32)/t24-/m0/s1. The molecule has 0 saturated carbocycles. The van der Waals surface area contributed by atoms with Crippen molar-refractivity contribution >= 4 is 34.5 Å². The van der Waals surface area contributed by atoms with E-state index in [2.05, 4.69) is 5.32 Å². The van der Waals surface area contributed by atoms with E-state index in [9.17, 15) is 9.59 Å². The van der Waals surface area contributed by atoms with Crippen LogP contribution in [0.2, 0.25) is 0 Å². The van der Waals surface area contributed by atoms with Gasteiger partial charge in [0, 0.05) is 12.2 Å². The molecule has 0 saturated heterocycles. The topological polar surface area (TPSA) is 85.7 Å². The summed E-state index contributed by atoms with van der Waals surface area (Å²) in [7, 11) is 3.22. The molecule has 1 aromatic heterocycles. The van der Waals surface area contributed by atoms with Gasteiger partial charge in [0.05, 0.1) is 31.7 Å². The average molecular weight is 471 g/mol. The van der Waals surface area contributed by atoms with Crippen molar-refractivity contribution < 1.29 is 19.1 Å². The highest BCUT2D eigenvalue weighted by Gasteiger charge is 2.40. The molecule has 0 spiro atoms. The quantitative estimate of drug-likeness (QED) is 0.417. The molecule has 35 heavy (non-hydrogen) atoms. The maximum atomic E-state index is 13.5. The molecule has 1 aliphatic heterocycles. The highest BCUT2D eigenvalue weighted by Crippen LogP contribution is 2.36. The highest BCUT2D eigenvalue weighted by atomic mass is 16.5. The molecule has 0 fully saturated rings. The number of ether oxygens (including phenoxy) is 2. The van der Waals surface area contributed by atoms with Crippen molar-refractivity contribution in [3.8, 4) is 11.5 Å². The highest BCUT2D eigenvalue weighted by molar-refractivity contribution is 6.05. The van der Waals surface area contributed by atoms with Gasteiger partial charge in [0.2, 0.25) is 11.9 Å². The SMILES string of the molecule is COc1ccc(CCN2C(=O)[C@H](CC(=O)Nc3ccc(OC)cc3)n3c2nc2ccccc23)cc1. The van der Waals surface area contributed by atoms with Crippen LogP contribution in [0, 0.1) is 0 Å². The second-order valence-electron chi connectivity index (χ2n) is 8.36. The first-order valence-corrected chi connectivity index (χ1v) is 11.4. The Morgan fingerprint density at radius 2 is 1.60 bits per heavy atom. The van der Waals surface area contributed by atoms with Crippen molar-refractivity contribution in [3.63, 3.8) is 0 Å². The number of para-hydroxylation sites is 2. The molecule has 0 unspecified atom stereocenters. The number of carbonyl (C=O) groups excluding carboxylic acids is 2. The predicted molar refractivity (Wildman–Crippen MR) is 134 cm³/mol. The van der Waals surface area contributed by atoms with Crippen LogP contribution in [0.3, 0.4) is 0 Å². The number of amides is 2. The molecule has 4 aromatic rings. The zero-order valence-electron chi connectivity index (χ0n) is 19.6. The number of nitrogens with one attached hydrogen (secondary N) is 1. The van der Waals surface area contributed by atoms with Crippen LogP contribution in [0.4, 0.5) is 11.6 Å². The van der Waals surface area contributed by atoms with Gasteiger partial charge in [-0.15, -0.1) is 0 Å². The van der Waals surface area contributed by atoms with E-state index in [1.807, 2.05) is 53.1 Å². The number of methoxy groups -OCH3 is 2. The van der Waals surface area contributed by atoms with Crippen LogP contribution >= 0.6 is 0 Å². The van der Waals surface area contributed by atoms with E-state index in [0.717, 1.165) is 22.3 Å². The summed E-state index contributed by atoms with van der Waals surface area (Å²) in [5.41, 5.74) is 3.37. The fourth-order valence-electron chi connectivity index (χ4n) is 4.40. The summed E-state index contributed by atoms with van der Waals surface area (Å²) in [4.78, 5) is 32.9. The van der Waals surface area contributed by atoms with Gasteiger partial charge in [-0.25, -0.2) is 4.98 Å². The van der Waals surface area contributed by atoms with Gasteiger partial charge in [-0.3, -0.25) is 19.1 Å². The largest absolute Gasteiger partial charge is 0.497 e. The molecule has 8 nitrogen and oxygen atoms in total. The summed E-state index contributed by atoms with van der Waals surface area (Å²) < 4.78 is 12.3. The van der Waals surface area contributed by atoms with Crippen molar-refractivity contribution in [2.45, 2.75) is 18.9 Å². The van der Waals surface area contributed by atoms with Gasteiger partial charge in [-0.2, -0.15) is 0 Å². The number of carbonyl (C=O) groups is 2. The smallest absolute Gasteiger partial charge is 0.253 e. The Labute approximate surface area is 203 Å². The second-order valence-corrected chi connectivity index (χ2v) is 8.36. The van der Waals surface area contributed by atoms with Crippen molar-refractivity contribution in [1.29, 1.82) is 0 Å². The van der Waals surface area contributed by atoms with E-state index < -0.39 is 6.04 Å². The fraction of sp³-hybridized carbons (Fsp3) is 0.222. The van der Waals surface area contributed by atoms with Gasteiger partial charge in [-0.1, -0.05) is 24.3 Å². The number of anilines is 2. The lowest BCUT2D eigenvalue weighted by Gasteiger charge is -2.16. The predicted octanol–water partition coefficient (Wildman–Crippen LogP) is 4.21. The third-order valence-electron chi connectivity index (χ3n) is 6.22. The van der Waals surface area contributed by atoms with Gasteiger partial charge in [0.15, 0.2) is 0 Å². The first-order valence-electron chi connectivity index (χ1n) is 11.4. The van der Waals surface area contributed by atoms with Crippen LogP contribution in [0.15, 0.2) is 72.8 Å². The van der Waals surface area contributed by atoms with E-state index in [4.69, 9.17) is 14.5 Å². The number of aromatic nitrogens is 2. The van der Waals surface area contributed by atoms with Crippen LogP contribution in [-0.4, -0.2) is 42.1 Å². The lowest BCUT2D eigenvalue weighted by Crippen LogP contribution is -2.33. The Bertz CT molecular complexity index is 1360. The molecule has 0 radical (unpaired) electrons. The van der Waals surface area contributed by atoms with Crippen LogP contribution in [0.5, 0.6) is 11.5 Å². The molecular formula is C27H26N4O4. The first kappa shape index (κ1) is 22.5. The summed E-state index contributed by atoms with van der Waals surface area (Å²) in [6.45, 7) is 0.463. The minimum Gasteiger partial charge on any atom is -0.497 e. The Morgan fingerprint density at radius 3 is 2.29 bits per heavy atom. The van der Waals surface area contributed by atoms with Crippen LogP contribution in [0.1, 0.15) is 18.0 Å². The first-order chi connectivity index (χ1) is 17.1. The third-order valence-corrected chi connectivity index (χ3v) is 6.22. The zero-order chi connectivity index (χ0) is 24.4. The third kappa shape index (κ3) is 4.42. The molecule has 1 N–H and O–H groups in total. The van der Waals surface area contributed by atoms with Crippen molar-refractivity contribution in [2.75, 3.05) is 31.0 Å². The molecular weight excluding hydrogens is 444 g/mol. The van der Waals surface area contributed by atoms with Crippen molar-refractivity contribution in [3.05, 3.63) is 78.4 Å². The Hall–Kier alpha value is -4.33.